The van der Waals surface area contributed by atoms with Crippen LogP contribution in [-0.4, -0.2) is 47.9 Å². The lowest BCUT2D eigenvalue weighted by Crippen LogP contribution is -2.47. The Morgan fingerprint density at radius 2 is 1.88 bits per heavy atom. The summed E-state index contributed by atoms with van der Waals surface area (Å²) in [5.41, 5.74) is 1.75. The summed E-state index contributed by atoms with van der Waals surface area (Å²) in [6.07, 6.45) is 1.39. The van der Waals surface area contributed by atoms with Crippen molar-refractivity contribution < 1.29 is 9.59 Å². The van der Waals surface area contributed by atoms with Crippen LogP contribution in [0.15, 0.2) is 18.2 Å². The van der Waals surface area contributed by atoms with Crippen molar-refractivity contribution in [2.45, 2.75) is 33.6 Å². The number of nitrogens with one attached hydrogen (secondary N) is 1. The lowest BCUT2D eigenvalue weighted by Gasteiger charge is -2.34. The minimum atomic E-state index is -0.0656. The van der Waals surface area contributed by atoms with Crippen molar-refractivity contribution in [1.29, 1.82) is 0 Å². The number of urea groups is 1. The van der Waals surface area contributed by atoms with Gasteiger partial charge in [-0.25, -0.2) is 4.79 Å². The fourth-order valence-electron chi connectivity index (χ4n) is 2.99. The van der Waals surface area contributed by atoms with Gasteiger partial charge >= 0.3 is 6.03 Å². The molecule has 0 aliphatic carbocycles. The van der Waals surface area contributed by atoms with E-state index in [1.807, 2.05) is 42.7 Å². The van der Waals surface area contributed by atoms with Crippen molar-refractivity contribution in [2.75, 3.05) is 31.5 Å². The molecule has 0 spiro atoms. The number of halogens is 1. The predicted molar refractivity (Wildman–Crippen MR) is 97.4 cm³/mol. The van der Waals surface area contributed by atoms with Crippen LogP contribution < -0.4 is 5.32 Å². The third kappa shape index (κ3) is 4.41. The van der Waals surface area contributed by atoms with Crippen LogP contribution in [0.1, 0.15) is 32.3 Å². The summed E-state index contributed by atoms with van der Waals surface area (Å²) < 4.78 is 0. The third-order valence-corrected chi connectivity index (χ3v) is 4.86. The van der Waals surface area contributed by atoms with Crippen LogP contribution in [0.4, 0.5) is 10.5 Å². The predicted octanol–water partition coefficient (Wildman–Crippen LogP) is 3.76. The van der Waals surface area contributed by atoms with E-state index in [0.717, 1.165) is 11.3 Å². The Kier molecular flexibility index (Phi) is 6.49. The molecule has 24 heavy (non-hydrogen) atoms. The molecule has 132 valence electrons. The van der Waals surface area contributed by atoms with Crippen LogP contribution in [0.5, 0.6) is 0 Å². The Balaban J connectivity index is 1.91. The summed E-state index contributed by atoms with van der Waals surface area (Å²) in [5.74, 6) is -0.0561. The second-order valence-electron chi connectivity index (χ2n) is 6.16. The topological polar surface area (TPSA) is 52.7 Å². The van der Waals surface area contributed by atoms with Gasteiger partial charge in [-0.05, 0) is 51.3 Å². The van der Waals surface area contributed by atoms with E-state index in [1.54, 1.807) is 6.07 Å². The number of anilines is 1. The summed E-state index contributed by atoms with van der Waals surface area (Å²) in [5, 5.41) is 3.58. The smallest absolute Gasteiger partial charge is 0.319 e. The molecular formula is C18H26ClN3O2. The Morgan fingerprint density at radius 3 is 2.46 bits per heavy atom. The lowest BCUT2D eigenvalue weighted by atomic mass is 9.96. The van der Waals surface area contributed by atoms with Gasteiger partial charge in [0.25, 0.3) is 0 Å². The highest BCUT2D eigenvalue weighted by molar-refractivity contribution is 6.31. The van der Waals surface area contributed by atoms with Gasteiger partial charge < -0.3 is 15.1 Å². The van der Waals surface area contributed by atoms with Gasteiger partial charge in [-0.3, -0.25) is 4.79 Å². The van der Waals surface area contributed by atoms with Crippen molar-refractivity contribution in [1.82, 2.24) is 9.80 Å². The fraction of sp³-hybridized carbons (Fsp3) is 0.556. The lowest BCUT2D eigenvalue weighted by molar-refractivity contribution is -0.121. The van der Waals surface area contributed by atoms with E-state index in [9.17, 15) is 9.59 Å². The van der Waals surface area contributed by atoms with Gasteiger partial charge in [0, 0.05) is 42.8 Å². The average molecular weight is 352 g/mol. The summed E-state index contributed by atoms with van der Waals surface area (Å²) >= 11 is 6.00. The van der Waals surface area contributed by atoms with Gasteiger partial charge in [-0.2, -0.15) is 0 Å². The summed E-state index contributed by atoms with van der Waals surface area (Å²) in [7, 11) is 0. The van der Waals surface area contributed by atoms with E-state index in [0.29, 0.717) is 44.0 Å². The third-order valence-electron chi connectivity index (χ3n) is 4.63. The molecule has 1 aliphatic rings. The number of carbonyl (C=O) groups excluding carboxylic acids is 2. The minimum Gasteiger partial charge on any atom is -0.326 e. The number of likely N-dealkylation sites (tertiary alicyclic amines) is 1. The van der Waals surface area contributed by atoms with Crippen LogP contribution in [0.2, 0.25) is 5.02 Å². The summed E-state index contributed by atoms with van der Waals surface area (Å²) in [6, 6.07) is 5.55. The van der Waals surface area contributed by atoms with Gasteiger partial charge in [0.15, 0.2) is 0 Å². The van der Waals surface area contributed by atoms with Gasteiger partial charge in [0.1, 0.15) is 0 Å². The molecule has 5 nitrogen and oxygen atoms in total. The van der Waals surface area contributed by atoms with Crippen LogP contribution in [0.3, 0.4) is 0 Å². The number of hydrogen-bond acceptors (Lipinski definition) is 2. The molecule has 0 saturated carbocycles. The number of amides is 3. The molecule has 0 bridgehead atoms. The first-order chi connectivity index (χ1) is 11.5. The quantitative estimate of drug-likeness (QED) is 0.897. The van der Waals surface area contributed by atoms with E-state index >= 15 is 0 Å². The maximum Gasteiger partial charge on any atom is 0.319 e. The highest BCUT2D eigenvalue weighted by Gasteiger charge is 2.29. The molecule has 0 aromatic heterocycles. The Labute approximate surface area is 149 Å². The second-order valence-corrected chi connectivity index (χ2v) is 6.60. The number of hydrogen-bond donors (Lipinski definition) is 1. The molecule has 1 saturated heterocycles. The molecule has 1 aromatic carbocycles. The van der Waals surface area contributed by atoms with Crippen LogP contribution in [-0.2, 0) is 4.79 Å². The standard InChI is InChI=1S/C18H26ClN3O2/c1-4-21(5-2)18(24)22-10-8-14(9-11-22)17(23)20-16-12-15(19)7-6-13(16)3/h6-7,12,14H,4-5,8-11H2,1-3H3,(H,20,23). The van der Waals surface area contributed by atoms with Crippen molar-refractivity contribution in [2.24, 2.45) is 5.92 Å². The molecular weight excluding hydrogens is 326 g/mol. The Hall–Kier alpha value is -1.75. The number of benzene rings is 1. The summed E-state index contributed by atoms with van der Waals surface area (Å²) in [6.45, 7) is 8.58. The molecule has 1 aliphatic heterocycles. The molecule has 0 radical (unpaired) electrons. The molecule has 1 fully saturated rings. The average Bonchev–Trinajstić information content (AvgIpc) is 2.59. The van der Waals surface area contributed by atoms with Crippen molar-refractivity contribution in [3.8, 4) is 0 Å². The van der Waals surface area contributed by atoms with Crippen molar-refractivity contribution in [3.63, 3.8) is 0 Å². The SMILES string of the molecule is CCN(CC)C(=O)N1CCC(C(=O)Nc2cc(Cl)ccc2C)CC1. The number of aryl methyl sites for hydroxylation is 1. The van der Waals surface area contributed by atoms with Crippen LogP contribution in [0.25, 0.3) is 0 Å². The molecule has 1 N–H and O–H groups in total. The zero-order chi connectivity index (χ0) is 17.7. The number of piperidine rings is 1. The van der Waals surface area contributed by atoms with Crippen LogP contribution in [0, 0.1) is 12.8 Å². The molecule has 1 heterocycles. The van der Waals surface area contributed by atoms with E-state index < -0.39 is 0 Å². The largest absolute Gasteiger partial charge is 0.326 e. The van der Waals surface area contributed by atoms with Gasteiger partial charge in [-0.15, -0.1) is 0 Å². The number of nitrogens with zero attached hydrogens (tertiary/aromatic N) is 2. The fourth-order valence-corrected chi connectivity index (χ4v) is 3.16. The Bertz CT molecular complexity index is 594. The molecule has 0 unspecified atom stereocenters. The van der Waals surface area contributed by atoms with Gasteiger partial charge in [0.05, 0.1) is 0 Å². The van der Waals surface area contributed by atoms with Gasteiger partial charge in [-0.1, -0.05) is 17.7 Å². The molecule has 1 aromatic rings. The molecule has 2 rings (SSSR count). The minimum absolute atomic E-state index is 0.00954. The first kappa shape index (κ1) is 18.6. The number of rotatable bonds is 4. The zero-order valence-electron chi connectivity index (χ0n) is 14.6. The van der Waals surface area contributed by atoms with E-state index in [-0.39, 0.29) is 17.9 Å². The Morgan fingerprint density at radius 1 is 1.25 bits per heavy atom. The first-order valence-corrected chi connectivity index (χ1v) is 8.94. The number of carbonyl (C=O) groups is 2. The molecule has 6 heteroatoms. The monoisotopic (exact) mass is 351 g/mol. The normalized spacial score (nSPS) is 15.2. The summed E-state index contributed by atoms with van der Waals surface area (Å²) in [4.78, 5) is 28.5. The molecule has 0 atom stereocenters. The zero-order valence-corrected chi connectivity index (χ0v) is 15.4. The second kappa shape index (κ2) is 8.38. The van der Waals surface area contributed by atoms with Crippen molar-refractivity contribution >= 4 is 29.2 Å². The van der Waals surface area contributed by atoms with E-state index in [2.05, 4.69) is 5.32 Å². The maximum absolute atomic E-state index is 12.5. The maximum atomic E-state index is 12.5. The van der Waals surface area contributed by atoms with Crippen molar-refractivity contribution in [3.05, 3.63) is 28.8 Å². The first-order valence-electron chi connectivity index (χ1n) is 8.57. The highest BCUT2D eigenvalue weighted by Crippen LogP contribution is 2.24. The van der Waals surface area contributed by atoms with E-state index in [4.69, 9.17) is 11.6 Å². The van der Waals surface area contributed by atoms with Gasteiger partial charge in [0.2, 0.25) is 5.91 Å². The highest BCUT2D eigenvalue weighted by atomic mass is 35.5. The van der Waals surface area contributed by atoms with E-state index in [1.165, 1.54) is 0 Å². The van der Waals surface area contributed by atoms with Crippen LogP contribution >= 0.6 is 11.6 Å². The molecule has 3 amide bonds.